The van der Waals surface area contributed by atoms with E-state index in [0.29, 0.717) is 58.2 Å². The SMILES string of the molecule is CCOC(=O)c1c(CCCOc2cccc3ccccc23)c2cccc3c2n1CCCCOCc1nn(CCOC)c(C)c1-3. The van der Waals surface area contributed by atoms with Crippen molar-refractivity contribution in [2.75, 3.05) is 33.5 Å². The van der Waals surface area contributed by atoms with E-state index in [2.05, 4.69) is 47.9 Å². The predicted octanol–water partition coefficient (Wildman–Crippen LogP) is 7.11. The Hall–Kier alpha value is -4.14. The van der Waals surface area contributed by atoms with Gasteiger partial charge >= 0.3 is 5.97 Å². The number of ether oxygens (including phenoxy) is 4. The highest BCUT2D eigenvalue weighted by atomic mass is 16.5. The molecule has 8 nitrogen and oxygen atoms in total. The maximum atomic E-state index is 13.7. The van der Waals surface area contributed by atoms with Crippen molar-refractivity contribution in [2.24, 2.45) is 0 Å². The number of hydrogen-bond acceptors (Lipinski definition) is 6. The molecule has 0 aliphatic carbocycles. The maximum absolute atomic E-state index is 13.7. The molecule has 44 heavy (non-hydrogen) atoms. The third-order valence-electron chi connectivity index (χ3n) is 8.45. The lowest BCUT2D eigenvalue weighted by molar-refractivity contribution is 0.0512. The van der Waals surface area contributed by atoms with Gasteiger partial charge in [0.15, 0.2) is 0 Å². The fourth-order valence-corrected chi connectivity index (χ4v) is 6.44. The van der Waals surface area contributed by atoms with Gasteiger partial charge in [-0.15, -0.1) is 0 Å². The van der Waals surface area contributed by atoms with E-state index < -0.39 is 0 Å². The topological polar surface area (TPSA) is 76.7 Å². The van der Waals surface area contributed by atoms with Gasteiger partial charge in [-0.2, -0.15) is 5.10 Å². The number of fused-ring (bicyclic) bond motifs is 3. The van der Waals surface area contributed by atoms with Gasteiger partial charge < -0.3 is 23.5 Å². The minimum atomic E-state index is -0.279. The minimum Gasteiger partial charge on any atom is -0.493 e. The highest BCUT2D eigenvalue weighted by Crippen LogP contribution is 2.39. The van der Waals surface area contributed by atoms with Crippen molar-refractivity contribution < 1.29 is 23.7 Å². The van der Waals surface area contributed by atoms with Crippen molar-refractivity contribution in [1.29, 1.82) is 0 Å². The molecule has 5 aromatic rings. The Kier molecular flexibility index (Phi) is 9.28. The zero-order chi connectivity index (χ0) is 30.5. The number of aryl methyl sites for hydroxylation is 2. The Morgan fingerprint density at radius 2 is 1.82 bits per heavy atom. The number of para-hydroxylation sites is 1. The van der Waals surface area contributed by atoms with E-state index in [1.165, 1.54) is 0 Å². The molecule has 0 atom stereocenters. The number of benzene rings is 3. The quantitative estimate of drug-likeness (QED) is 0.127. The van der Waals surface area contributed by atoms with Gasteiger partial charge in [0.05, 0.1) is 44.2 Å². The van der Waals surface area contributed by atoms with Crippen LogP contribution in [0.2, 0.25) is 0 Å². The minimum absolute atomic E-state index is 0.279. The van der Waals surface area contributed by atoms with Crippen LogP contribution in [0.25, 0.3) is 32.8 Å². The molecule has 1 aliphatic heterocycles. The molecule has 0 fully saturated rings. The van der Waals surface area contributed by atoms with Crippen molar-refractivity contribution in [1.82, 2.24) is 14.3 Å². The van der Waals surface area contributed by atoms with Crippen LogP contribution in [0.5, 0.6) is 5.75 Å². The van der Waals surface area contributed by atoms with E-state index in [-0.39, 0.29) is 5.97 Å². The number of nitrogens with zero attached hydrogens (tertiary/aromatic N) is 3. The molecule has 3 aromatic carbocycles. The zero-order valence-electron chi connectivity index (χ0n) is 25.9. The number of esters is 1. The Morgan fingerprint density at radius 1 is 1.00 bits per heavy atom. The first-order chi connectivity index (χ1) is 21.6. The molecule has 1 aliphatic rings. The van der Waals surface area contributed by atoms with E-state index in [0.717, 1.165) is 74.8 Å². The second-order valence-electron chi connectivity index (χ2n) is 11.2. The van der Waals surface area contributed by atoms with Crippen LogP contribution >= 0.6 is 0 Å². The van der Waals surface area contributed by atoms with Crippen LogP contribution in [-0.4, -0.2) is 53.9 Å². The summed E-state index contributed by atoms with van der Waals surface area (Å²) in [4.78, 5) is 13.7. The van der Waals surface area contributed by atoms with Crippen LogP contribution in [0.4, 0.5) is 0 Å². The first-order valence-electron chi connectivity index (χ1n) is 15.7. The van der Waals surface area contributed by atoms with Gasteiger partial charge in [0, 0.05) is 47.9 Å². The van der Waals surface area contributed by atoms with Crippen LogP contribution in [-0.2, 0) is 40.3 Å². The smallest absolute Gasteiger partial charge is 0.355 e. The second kappa shape index (κ2) is 13.7. The summed E-state index contributed by atoms with van der Waals surface area (Å²) in [5, 5.41) is 8.29. The molecule has 0 saturated heterocycles. The summed E-state index contributed by atoms with van der Waals surface area (Å²) in [5.74, 6) is 0.599. The Balaban J connectivity index is 1.42. The summed E-state index contributed by atoms with van der Waals surface area (Å²) in [7, 11) is 1.70. The molecule has 0 unspecified atom stereocenters. The fraction of sp³-hybridized carbons (Fsp3) is 0.389. The van der Waals surface area contributed by atoms with Crippen LogP contribution in [0, 0.1) is 6.92 Å². The van der Waals surface area contributed by atoms with E-state index in [4.69, 9.17) is 24.0 Å². The lowest BCUT2D eigenvalue weighted by Gasteiger charge is -2.13. The Labute approximate surface area is 258 Å². The first-order valence-corrected chi connectivity index (χ1v) is 15.7. The van der Waals surface area contributed by atoms with Gasteiger partial charge in [-0.3, -0.25) is 4.68 Å². The lowest BCUT2D eigenvalue weighted by atomic mass is 9.98. The number of hydrogen-bond donors (Lipinski definition) is 0. The Bertz CT molecular complexity index is 1760. The summed E-state index contributed by atoms with van der Waals surface area (Å²) in [6, 6.07) is 20.8. The molecule has 6 rings (SSSR count). The van der Waals surface area contributed by atoms with Crippen molar-refractivity contribution in [3.8, 4) is 16.9 Å². The van der Waals surface area contributed by atoms with Gasteiger partial charge in [0.25, 0.3) is 0 Å². The molecule has 0 spiro atoms. The molecule has 8 heteroatoms. The standard InChI is InChI=1S/C36H41N3O5/c1-4-43-36(40)35-29(17-11-22-44-32-18-9-13-26-12-5-6-14-27(26)32)28-15-10-16-30-33-25(2)39(20-23-41-3)37-31(33)24-42-21-8-7-19-38(35)34(28)30/h5-6,9-10,12-16,18H,4,7-8,11,17,19-24H2,1-3H3. The number of aromatic nitrogens is 3. The highest BCUT2D eigenvalue weighted by Gasteiger charge is 2.28. The summed E-state index contributed by atoms with van der Waals surface area (Å²) >= 11 is 0. The van der Waals surface area contributed by atoms with Crippen molar-refractivity contribution in [3.05, 3.63) is 83.3 Å². The van der Waals surface area contributed by atoms with Crippen LogP contribution in [0.1, 0.15) is 53.6 Å². The van der Waals surface area contributed by atoms with Gasteiger partial charge in [-0.25, -0.2) is 4.79 Å². The van der Waals surface area contributed by atoms with E-state index >= 15 is 0 Å². The van der Waals surface area contributed by atoms with Gasteiger partial charge in [-0.05, 0) is 56.5 Å². The molecule has 0 saturated carbocycles. The monoisotopic (exact) mass is 595 g/mol. The molecule has 0 bridgehead atoms. The number of carbonyl (C=O) groups is 1. The summed E-state index contributed by atoms with van der Waals surface area (Å²) in [6.07, 6.45) is 3.22. The van der Waals surface area contributed by atoms with Crippen molar-refractivity contribution >= 4 is 27.6 Å². The third kappa shape index (κ3) is 5.84. The molecule has 230 valence electrons. The fourth-order valence-electron chi connectivity index (χ4n) is 6.44. The number of carbonyl (C=O) groups excluding carboxylic acids is 1. The van der Waals surface area contributed by atoms with Crippen LogP contribution in [0.3, 0.4) is 0 Å². The predicted molar refractivity (Wildman–Crippen MR) is 172 cm³/mol. The van der Waals surface area contributed by atoms with E-state index in [1.807, 2.05) is 35.9 Å². The van der Waals surface area contributed by atoms with Gasteiger partial charge in [-0.1, -0.05) is 54.6 Å². The average Bonchev–Trinajstić information content (AvgIpc) is 3.52. The lowest BCUT2D eigenvalue weighted by Crippen LogP contribution is -2.15. The average molecular weight is 596 g/mol. The highest BCUT2D eigenvalue weighted by molar-refractivity contribution is 6.05. The molecule has 0 N–H and O–H groups in total. The molecule has 3 heterocycles. The van der Waals surface area contributed by atoms with Crippen LogP contribution < -0.4 is 4.74 Å². The molecule has 2 aromatic heterocycles. The molecular formula is C36H41N3O5. The Morgan fingerprint density at radius 3 is 2.68 bits per heavy atom. The van der Waals surface area contributed by atoms with Crippen molar-refractivity contribution in [2.45, 2.75) is 59.2 Å². The van der Waals surface area contributed by atoms with Gasteiger partial charge in [0.2, 0.25) is 0 Å². The molecule has 0 radical (unpaired) electrons. The number of rotatable bonds is 10. The van der Waals surface area contributed by atoms with E-state index in [1.54, 1.807) is 7.11 Å². The summed E-state index contributed by atoms with van der Waals surface area (Å²) < 4.78 is 27.6. The second-order valence-corrected chi connectivity index (χ2v) is 11.2. The molecule has 0 amide bonds. The first kappa shape index (κ1) is 29.9. The van der Waals surface area contributed by atoms with Crippen LogP contribution in [0.15, 0.2) is 60.7 Å². The number of methoxy groups -OCH3 is 1. The summed E-state index contributed by atoms with van der Waals surface area (Å²) in [6.45, 7) is 7.82. The van der Waals surface area contributed by atoms with E-state index in [9.17, 15) is 4.79 Å². The molecular weight excluding hydrogens is 554 g/mol. The summed E-state index contributed by atoms with van der Waals surface area (Å²) in [5.41, 5.74) is 6.80. The zero-order valence-corrected chi connectivity index (χ0v) is 25.9. The normalized spacial score (nSPS) is 13.5. The van der Waals surface area contributed by atoms with Crippen molar-refractivity contribution in [3.63, 3.8) is 0 Å². The largest absolute Gasteiger partial charge is 0.493 e. The van der Waals surface area contributed by atoms with Gasteiger partial charge in [0.1, 0.15) is 11.4 Å². The third-order valence-corrected chi connectivity index (χ3v) is 8.45. The maximum Gasteiger partial charge on any atom is 0.355 e.